The third-order valence-electron chi connectivity index (χ3n) is 3.61. The van der Waals surface area contributed by atoms with Gasteiger partial charge in [0.2, 0.25) is 5.91 Å². The summed E-state index contributed by atoms with van der Waals surface area (Å²) in [5.41, 5.74) is 0. The molecule has 17 heavy (non-hydrogen) atoms. The molecular formula is C12H24N2O2S. The van der Waals surface area contributed by atoms with Crippen molar-refractivity contribution in [2.24, 2.45) is 11.8 Å². The van der Waals surface area contributed by atoms with Crippen LogP contribution in [0.3, 0.4) is 0 Å². The zero-order valence-corrected chi connectivity index (χ0v) is 12.0. The Balaban J connectivity index is 2.71. The Kier molecular flexibility index (Phi) is 5.59. The van der Waals surface area contributed by atoms with Gasteiger partial charge in [-0.05, 0) is 31.7 Å². The van der Waals surface area contributed by atoms with E-state index in [1.54, 1.807) is 7.05 Å². The summed E-state index contributed by atoms with van der Waals surface area (Å²) in [5, 5.41) is 5.89. The number of amides is 1. The molecule has 0 aromatic carbocycles. The SMILES string of the molecule is CNC(=O)CS(=O)C1C(C)CC(C)CC1NC. The van der Waals surface area contributed by atoms with Gasteiger partial charge in [0.25, 0.3) is 0 Å². The lowest BCUT2D eigenvalue weighted by Crippen LogP contribution is -2.50. The van der Waals surface area contributed by atoms with Crippen molar-refractivity contribution >= 4 is 16.7 Å². The molecule has 0 bridgehead atoms. The van der Waals surface area contributed by atoms with E-state index in [1.807, 2.05) is 7.05 Å². The Hall–Kier alpha value is -0.420. The first kappa shape index (κ1) is 14.6. The third kappa shape index (κ3) is 3.78. The zero-order valence-electron chi connectivity index (χ0n) is 11.2. The van der Waals surface area contributed by atoms with E-state index in [2.05, 4.69) is 24.5 Å². The number of carbonyl (C=O) groups is 1. The fourth-order valence-electron chi connectivity index (χ4n) is 2.85. The highest BCUT2D eigenvalue weighted by Gasteiger charge is 2.37. The van der Waals surface area contributed by atoms with Crippen LogP contribution in [0.4, 0.5) is 0 Å². The van der Waals surface area contributed by atoms with Gasteiger partial charge in [0, 0.05) is 23.9 Å². The van der Waals surface area contributed by atoms with Crippen LogP contribution in [0.1, 0.15) is 26.7 Å². The molecule has 0 radical (unpaired) electrons. The second-order valence-electron chi connectivity index (χ2n) is 5.11. The summed E-state index contributed by atoms with van der Waals surface area (Å²) in [4.78, 5) is 11.3. The molecule has 1 amide bonds. The lowest BCUT2D eigenvalue weighted by atomic mass is 9.80. The van der Waals surface area contributed by atoms with Crippen LogP contribution in [0.2, 0.25) is 0 Å². The Labute approximate surface area is 106 Å². The molecule has 0 spiro atoms. The Morgan fingerprint density at radius 2 is 1.94 bits per heavy atom. The average Bonchev–Trinajstić information content (AvgIpc) is 2.27. The minimum absolute atomic E-state index is 0.0912. The van der Waals surface area contributed by atoms with Crippen molar-refractivity contribution < 1.29 is 9.00 Å². The summed E-state index contributed by atoms with van der Waals surface area (Å²) >= 11 is 0. The van der Waals surface area contributed by atoms with E-state index in [4.69, 9.17) is 0 Å². The average molecular weight is 260 g/mol. The zero-order chi connectivity index (χ0) is 13.0. The number of hydrogen-bond acceptors (Lipinski definition) is 3. The van der Waals surface area contributed by atoms with E-state index in [-0.39, 0.29) is 23.0 Å². The van der Waals surface area contributed by atoms with Gasteiger partial charge in [-0.3, -0.25) is 9.00 Å². The summed E-state index contributed by atoms with van der Waals surface area (Å²) in [6.45, 7) is 4.38. The molecule has 5 unspecified atom stereocenters. The lowest BCUT2D eigenvalue weighted by Gasteiger charge is -2.38. The third-order valence-corrected chi connectivity index (χ3v) is 5.56. The van der Waals surface area contributed by atoms with Crippen molar-refractivity contribution in [2.75, 3.05) is 19.8 Å². The second-order valence-corrected chi connectivity index (χ2v) is 6.71. The van der Waals surface area contributed by atoms with Crippen LogP contribution in [-0.2, 0) is 15.6 Å². The first-order chi connectivity index (χ1) is 7.99. The molecule has 0 aromatic rings. The smallest absolute Gasteiger partial charge is 0.232 e. The van der Waals surface area contributed by atoms with Gasteiger partial charge in [-0.2, -0.15) is 0 Å². The molecule has 1 aliphatic rings. The van der Waals surface area contributed by atoms with Gasteiger partial charge in [-0.1, -0.05) is 13.8 Å². The molecule has 1 fully saturated rings. The van der Waals surface area contributed by atoms with Crippen LogP contribution < -0.4 is 10.6 Å². The minimum atomic E-state index is -1.09. The van der Waals surface area contributed by atoms with Gasteiger partial charge in [0.15, 0.2) is 0 Å². The molecule has 0 aliphatic heterocycles. The van der Waals surface area contributed by atoms with Crippen molar-refractivity contribution in [1.82, 2.24) is 10.6 Å². The predicted molar refractivity (Wildman–Crippen MR) is 71.3 cm³/mol. The maximum atomic E-state index is 12.3. The fourth-order valence-corrected chi connectivity index (χ4v) is 4.69. The predicted octanol–water partition coefficient (Wildman–Crippen LogP) is 0.504. The van der Waals surface area contributed by atoms with E-state index in [1.165, 1.54) is 0 Å². The van der Waals surface area contributed by atoms with E-state index < -0.39 is 10.8 Å². The van der Waals surface area contributed by atoms with Gasteiger partial charge in [0.1, 0.15) is 5.75 Å². The molecule has 1 saturated carbocycles. The summed E-state index contributed by atoms with van der Waals surface area (Å²) in [6.07, 6.45) is 2.15. The summed E-state index contributed by atoms with van der Waals surface area (Å²) in [5.74, 6) is 1.05. The molecule has 1 aliphatic carbocycles. The second kappa shape index (κ2) is 6.50. The maximum absolute atomic E-state index is 12.3. The molecule has 5 heteroatoms. The minimum Gasteiger partial charge on any atom is -0.358 e. The fraction of sp³-hybridized carbons (Fsp3) is 0.917. The molecule has 0 aromatic heterocycles. The van der Waals surface area contributed by atoms with Crippen LogP contribution in [0, 0.1) is 11.8 Å². The lowest BCUT2D eigenvalue weighted by molar-refractivity contribution is -0.118. The Morgan fingerprint density at radius 1 is 1.29 bits per heavy atom. The van der Waals surface area contributed by atoms with Crippen molar-refractivity contribution in [1.29, 1.82) is 0 Å². The Morgan fingerprint density at radius 3 is 2.47 bits per heavy atom. The van der Waals surface area contributed by atoms with Gasteiger partial charge < -0.3 is 10.6 Å². The first-order valence-electron chi connectivity index (χ1n) is 6.24. The molecule has 0 saturated heterocycles. The topological polar surface area (TPSA) is 58.2 Å². The highest BCUT2D eigenvalue weighted by molar-refractivity contribution is 7.86. The molecule has 2 N–H and O–H groups in total. The molecule has 4 nitrogen and oxygen atoms in total. The van der Waals surface area contributed by atoms with Crippen molar-refractivity contribution in [3.8, 4) is 0 Å². The van der Waals surface area contributed by atoms with Crippen LogP contribution in [0.25, 0.3) is 0 Å². The maximum Gasteiger partial charge on any atom is 0.232 e. The Bertz CT molecular complexity index is 296. The summed E-state index contributed by atoms with van der Waals surface area (Å²) in [7, 11) is 2.42. The molecule has 0 heterocycles. The van der Waals surface area contributed by atoms with Crippen molar-refractivity contribution in [2.45, 2.75) is 38.0 Å². The van der Waals surface area contributed by atoms with Gasteiger partial charge >= 0.3 is 0 Å². The molecule has 5 atom stereocenters. The summed E-state index contributed by atoms with van der Waals surface area (Å²) in [6, 6.07) is 0.263. The monoisotopic (exact) mass is 260 g/mol. The van der Waals surface area contributed by atoms with Gasteiger partial charge in [-0.15, -0.1) is 0 Å². The van der Waals surface area contributed by atoms with Gasteiger partial charge in [0.05, 0.1) is 5.25 Å². The van der Waals surface area contributed by atoms with Crippen LogP contribution in [-0.4, -0.2) is 41.3 Å². The number of rotatable bonds is 4. The van der Waals surface area contributed by atoms with Crippen LogP contribution in [0.15, 0.2) is 0 Å². The molecule has 100 valence electrons. The highest BCUT2D eigenvalue weighted by atomic mass is 32.2. The number of carbonyl (C=O) groups excluding carboxylic acids is 1. The van der Waals surface area contributed by atoms with E-state index >= 15 is 0 Å². The highest BCUT2D eigenvalue weighted by Crippen LogP contribution is 2.32. The van der Waals surface area contributed by atoms with E-state index in [9.17, 15) is 9.00 Å². The number of hydrogen-bond donors (Lipinski definition) is 2. The normalized spacial score (nSPS) is 35.3. The van der Waals surface area contributed by atoms with Crippen LogP contribution >= 0.6 is 0 Å². The molecule has 1 rings (SSSR count). The van der Waals surface area contributed by atoms with Gasteiger partial charge in [-0.25, -0.2) is 0 Å². The largest absolute Gasteiger partial charge is 0.358 e. The van der Waals surface area contributed by atoms with Crippen molar-refractivity contribution in [3.05, 3.63) is 0 Å². The first-order valence-corrected chi connectivity index (χ1v) is 7.62. The molecular weight excluding hydrogens is 236 g/mol. The number of nitrogens with one attached hydrogen (secondary N) is 2. The van der Waals surface area contributed by atoms with Crippen molar-refractivity contribution in [3.63, 3.8) is 0 Å². The quantitative estimate of drug-likeness (QED) is 0.774. The van der Waals surface area contributed by atoms with E-state index in [0.29, 0.717) is 11.8 Å². The van der Waals surface area contributed by atoms with E-state index in [0.717, 1.165) is 12.8 Å². The summed E-state index contributed by atoms with van der Waals surface area (Å²) < 4.78 is 12.3. The standard InChI is InChI=1S/C12H24N2O2S/c1-8-5-9(2)12(10(6-8)13-3)17(16)7-11(15)14-4/h8-10,12-13H,5-7H2,1-4H3,(H,14,15). The van der Waals surface area contributed by atoms with Crippen LogP contribution in [0.5, 0.6) is 0 Å².